The number of halogens is 2. The summed E-state index contributed by atoms with van der Waals surface area (Å²) in [4.78, 5) is 12.1. The largest absolute Gasteiger partial charge is 0.322 e. The standard InChI is InChI=1S/C14H11BrClNO3S/c1-9-2-7-12(13(15)8-9)14(18)17-10-3-5-11(6-4-10)21(16,19)20/h2-8H,1H3,(H,17,18). The topological polar surface area (TPSA) is 63.2 Å². The van der Waals surface area contributed by atoms with Crippen molar-refractivity contribution in [2.75, 3.05) is 5.32 Å². The second-order valence-electron chi connectivity index (χ2n) is 4.40. The Labute approximate surface area is 135 Å². The Morgan fingerprint density at radius 1 is 1.14 bits per heavy atom. The first-order valence-corrected chi connectivity index (χ1v) is 9.00. The molecular weight excluding hydrogens is 378 g/mol. The van der Waals surface area contributed by atoms with E-state index in [1.165, 1.54) is 24.3 Å². The van der Waals surface area contributed by atoms with E-state index in [2.05, 4.69) is 21.2 Å². The summed E-state index contributed by atoms with van der Waals surface area (Å²) in [5.41, 5.74) is 2.02. The van der Waals surface area contributed by atoms with Crippen LogP contribution in [0.1, 0.15) is 15.9 Å². The van der Waals surface area contributed by atoms with E-state index in [9.17, 15) is 13.2 Å². The summed E-state index contributed by atoms with van der Waals surface area (Å²) < 4.78 is 23.0. The molecule has 0 aliphatic carbocycles. The lowest BCUT2D eigenvalue weighted by Crippen LogP contribution is -2.12. The van der Waals surface area contributed by atoms with Crippen molar-refractivity contribution in [3.8, 4) is 0 Å². The summed E-state index contributed by atoms with van der Waals surface area (Å²) in [6, 6.07) is 11.0. The Morgan fingerprint density at radius 2 is 1.76 bits per heavy atom. The van der Waals surface area contributed by atoms with E-state index in [-0.39, 0.29) is 10.8 Å². The first-order valence-electron chi connectivity index (χ1n) is 5.89. The summed E-state index contributed by atoms with van der Waals surface area (Å²) >= 11 is 3.34. The second-order valence-corrected chi connectivity index (χ2v) is 7.82. The van der Waals surface area contributed by atoms with Gasteiger partial charge in [0.1, 0.15) is 0 Å². The van der Waals surface area contributed by atoms with E-state index in [4.69, 9.17) is 10.7 Å². The zero-order valence-electron chi connectivity index (χ0n) is 10.9. The van der Waals surface area contributed by atoms with Crippen molar-refractivity contribution in [2.45, 2.75) is 11.8 Å². The number of carbonyl (C=O) groups is 1. The number of benzene rings is 2. The normalized spacial score (nSPS) is 11.2. The molecular formula is C14H11BrClNO3S. The molecule has 0 heterocycles. The van der Waals surface area contributed by atoms with Gasteiger partial charge in [-0.15, -0.1) is 0 Å². The minimum absolute atomic E-state index is 0.0151. The highest BCUT2D eigenvalue weighted by Gasteiger charge is 2.12. The lowest BCUT2D eigenvalue weighted by Gasteiger charge is -2.08. The Kier molecular flexibility index (Phi) is 4.70. The molecule has 0 aliphatic heterocycles. The number of amides is 1. The molecule has 1 amide bonds. The smallest absolute Gasteiger partial charge is 0.261 e. The number of rotatable bonds is 3. The Balaban J connectivity index is 2.20. The monoisotopic (exact) mass is 387 g/mol. The number of hydrogen-bond acceptors (Lipinski definition) is 3. The molecule has 0 fully saturated rings. The van der Waals surface area contributed by atoms with Crippen molar-refractivity contribution >= 4 is 47.3 Å². The molecule has 2 aromatic carbocycles. The molecule has 0 saturated carbocycles. The van der Waals surface area contributed by atoms with Crippen LogP contribution in [-0.2, 0) is 9.05 Å². The highest BCUT2D eigenvalue weighted by atomic mass is 79.9. The van der Waals surface area contributed by atoms with Crippen molar-refractivity contribution in [3.63, 3.8) is 0 Å². The van der Waals surface area contributed by atoms with E-state index < -0.39 is 9.05 Å². The van der Waals surface area contributed by atoms with E-state index in [0.717, 1.165) is 5.56 Å². The molecule has 0 bridgehead atoms. The molecule has 0 radical (unpaired) electrons. The zero-order chi connectivity index (χ0) is 15.6. The molecule has 110 valence electrons. The van der Waals surface area contributed by atoms with Crippen LogP contribution in [0.3, 0.4) is 0 Å². The van der Waals surface area contributed by atoms with Crippen LogP contribution >= 0.6 is 26.6 Å². The van der Waals surface area contributed by atoms with Gasteiger partial charge in [-0.1, -0.05) is 6.07 Å². The Hall–Kier alpha value is -1.37. The van der Waals surface area contributed by atoms with Crippen LogP contribution in [0.5, 0.6) is 0 Å². The molecule has 1 N–H and O–H groups in total. The van der Waals surface area contributed by atoms with Crippen LogP contribution in [0.15, 0.2) is 51.8 Å². The van der Waals surface area contributed by atoms with Crippen molar-refractivity contribution in [1.82, 2.24) is 0 Å². The first-order chi connectivity index (χ1) is 9.77. The third-order valence-electron chi connectivity index (χ3n) is 2.76. The van der Waals surface area contributed by atoms with Crippen LogP contribution in [0, 0.1) is 6.92 Å². The molecule has 7 heteroatoms. The Bertz CT molecular complexity index is 788. The van der Waals surface area contributed by atoms with Crippen molar-refractivity contribution < 1.29 is 13.2 Å². The van der Waals surface area contributed by atoms with Gasteiger partial charge in [-0.05, 0) is 64.8 Å². The maximum absolute atomic E-state index is 12.1. The average molecular weight is 389 g/mol. The van der Waals surface area contributed by atoms with E-state index in [1.54, 1.807) is 6.07 Å². The van der Waals surface area contributed by atoms with Crippen LogP contribution < -0.4 is 5.32 Å². The average Bonchev–Trinajstić information content (AvgIpc) is 2.38. The molecule has 0 unspecified atom stereocenters. The number of hydrogen-bond donors (Lipinski definition) is 1. The third-order valence-corrected chi connectivity index (χ3v) is 4.79. The van der Waals surface area contributed by atoms with Gasteiger partial charge in [0, 0.05) is 20.8 Å². The first kappa shape index (κ1) is 16.0. The number of aryl methyl sites for hydroxylation is 1. The van der Waals surface area contributed by atoms with Gasteiger partial charge in [-0.2, -0.15) is 0 Å². The van der Waals surface area contributed by atoms with E-state index in [0.29, 0.717) is 15.7 Å². The molecule has 0 spiro atoms. The second kappa shape index (κ2) is 6.17. The Morgan fingerprint density at radius 3 is 2.29 bits per heavy atom. The minimum Gasteiger partial charge on any atom is -0.322 e. The highest BCUT2D eigenvalue weighted by Crippen LogP contribution is 2.21. The maximum Gasteiger partial charge on any atom is 0.261 e. The minimum atomic E-state index is -3.76. The van der Waals surface area contributed by atoms with Gasteiger partial charge in [-0.3, -0.25) is 4.79 Å². The van der Waals surface area contributed by atoms with Crippen LogP contribution in [0.25, 0.3) is 0 Å². The fraction of sp³-hybridized carbons (Fsp3) is 0.0714. The molecule has 0 atom stereocenters. The summed E-state index contributed by atoms with van der Waals surface area (Å²) in [7, 11) is 1.47. The van der Waals surface area contributed by atoms with Crippen LogP contribution in [0.2, 0.25) is 0 Å². The van der Waals surface area contributed by atoms with Gasteiger partial charge in [-0.25, -0.2) is 8.42 Å². The summed E-state index contributed by atoms with van der Waals surface area (Å²) in [6.45, 7) is 1.93. The summed E-state index contributed by atoms with van der Waals surface area (Å²) in [5.74, 6) is -0.289. The number of anilines is 1. The fourth-order valence-electron chi connectivity index (χ4n) is 1.70. The van der Waals surface area contributed by atoms with E-state index >= 15 is 0 Å². The van der Waals surface area contributed by atoms with Gasteiger partial charge >= 0.3 is 0 Å². The lowest BCUT2D eigenvalue weighted by molar-refractivity contribution is 0.102. The molecule has 2 aromatic rings. The van der Waals surface area contributed by atoms with Gasteiger partial charge in [0.2, 0.25) is 0 Å². The molecule has 21 heavy (non-hydrogen) atoms. The predicted molar refractivity (Wildman–Crippen MR) is 86.3 cm³/mol. The molecule has 4 nitrogen and oxygen atoms in total. The molecule has 0 aromatic heterocycles. The van der Waals surface area contributed by atoms with Gasteiger partial charge in [0.05, 0.1) is 10.5 Å². The lowest BCUT2D eigenvalue weighted by atomic mass is 10.1. The van der Waals surface area contributed by atoms with Crippen molar-refractivity contribution in [1.29, 1.82) is 0 Å². The van der Waals surface area contributed by atoms with Gasteiger partial charge in [0.15, 0.2) is 0 Å². The predicted octanol–water partition coefficient (Wildman–Crippen LogP) is 3.94. The van der Waals surface area contributed by atoms with Gasteiger partial charge in [0.25, 0.3) is 15.0 Å². The highest BCUT2D eigenvalue weighted by molar-refractivity contribution is 9.10. The summed E-state index contributed by atoms with van der Waals surface area (Å²) in [5, 5.41) is 2.69. The molecule has 0 aliphatic rings. The van der Waals surface area contributed by atoms with Crippen molar-refractivity contribution in [3.05, 3.63) is 58.1 Å². The van der Waals surface area contributed by atoms with Crippen LogP contribution in [-0.4, -0.2) is 14.3 Å². The third kappa shape index (κ3) is 4.06. The van der Waals surface area contributed by atoms with E-state index in [1.807, 2.05) is 19.1 Å². The zero-order valence-corrected chi connectivity index (χ0v) is 14.1. The molecule has 2 rings (SSSR count). The van der Waals surface area contributed by atoms with Crippen molar-refractivity contribution in [2.24, 2.45) is 0 Å². The quantitative estimate of drug-likeness (QED) is 0.810. The SMILES string of the molecule is Cc1ccc(C(=O)Nc2ccc(S(=O)(=O)Cl)cc2)c(Br)c1. The molecule has 0 saturated heterocycles. The number of carbonyl (C=O) groups excluding carboxylic acids is 1. The van der Waals surface area contributed by atoms with Crippen LogP contribution in [0.4, 0.5) is 5.69 Å². The number of nitrogens with one attached hydrogen (secondary N) is 1. The van der Waals surface area contributed by atoms with Gasteiger partial charge < -0.3 is 5.32 Å². The fourth-order valence-corrected chi connectivity index (χ4v) is 3.15. The maximum atomic E-state index is 12.1. The summed E-state index contributed by atoms with van der Waals surface area (Å²) in [6.07, 6.45) is 0.